The first-order chi connectivity index (χ1) is 18.3. The van der Waals surface area contributed by atoms with Gasteiger partial charge in [-0.2, -0.15) is 13.2 Å². The van der Waals surface area contributed by atoms with Crippen molar-refractivity contribution in [2.75, 3.05) is 23.3 Å². The van der Waals surface area contributed by atoms with E-state index in [1.807, 2.05) is 0 Å². The van der Waals surface area contributed by atoms with Crippen LogP contribution < -0.4 is 21.3 Å². The summed E-state index contributed by atoms with van der Waals surface area (Å²) in [6, 6.07) is 6.88. The van der Waals surface area contributed by atoms with Gasteiger partial charge < -0.3 is 21.5 Å². The van der Waals surface area contributed by atoms with Crippen LogP contribution in [0.5, 0.6) is 0 Å². The van der Waals surface area contributed by atoms with Crippen LogP contribution in [-0.2, 0) is 12.0 Å². The number of anilines is 2. The molecule has 0 fully saturated rings. The van der Waals surface area contributed by atoms with Gasteiger partial charge in [0.2, 0.25) is 5.60 Å². The first-order valence-corrected chi connectivity index (χ1v) is 12.0. The molecule has 2 aliphatic heterocycles. The van der Waals surface area contributed by atoms with Gasteiger partial charge in [0.05, 0.1) is 18.3 Å². The van der Waals surface area contributed by atoms with Crippen molar-refractivity contribution in [2.24, 2.45) is 5.73 Å². The highest BCUT2D eigenvalue weighted by Crippen LogP contribution is 2.49. The molecule has 5 N–H and O–H groups in total. The van der Waals surface area contributed by atoms with Crippen molar-refractivity contribution >= 4 is 34.9 Å². The Morgan fingerprint density at radius 3 is 2.54 bits per heavy atom. The number of alkyl halides is 3. The standard InChI is InChI=1S/C26H20ClF5N4O3/c27-18-3-1-13(28)9-15(18)22-21-16(23(37)35-22)7-12(5-6-33)8-19(21)34-24(38)36-11-25(39,26(30,31)32)17-10-14(29)2-4-20(17)36/h1-4,7-10,22,39H,5-6,11,33H2,(H,34,38)(H,35,37)/t22-,25-/m0/s1. The lowest BCUT2D eigenvalue weighted by atomic mass is 9.94. The predicted octanol–water partition coefficient (Wildman–Crippen LogP) is 4.75. The zero-order chi connectivity index (χ0) is 28.3. The quantitative estimate of drug-likeness (QED) is 0.342. The minimum atomic E-state index is -5.22. The minimum Gasteiger partial charge on any atom is -0.375 e. The first-order valence-electron chi connectivity index (χ1n) is 11.6. The summed E-state index contributed by atoms with van der Waals surface area (Å²) >= 11 is 6.28. The molecule has 2 heterocycles. The molecule has 0 saturated heterocycles. The van der Waals surface area contributed by atoms with Crippen LogP contribution in [0.15, 0.2) is 48.5 Å². The summed E-state index contributed by atoms with van der Waals surface area (Å²) in [7, 11) is 0. The van der Waals surface area contributed by atoms with E-state index < -0.39 is 53.5 Å². The fourth-order valence-corrected chi connectivity index (χ4v) is 5.18. The lowest BCUT2D eigenvalue weighted by Gasteiger charge is -2.27. The molecule has 204 valence electrons. The van der Waals surface area contributed by atoms with Crippen LogP contribution in [0.3, 0.4) is 0 Å². The van der Waals surface area contributed by atoms with Crippen LogP contribution in [-0.4, -0.2) is 36.3 Å². The largest absolute Gasteiger partial charge is 0.423 e. The molecule has 13 heteroatoms. The number of nitrogens with two attached hydrogens (primary N) is 1. The molecule has 2 atom stereocenters. The Morgan fingerprint density at radius 2 is 1.85 bits per heavy atom. The summed E-state index contributed by atoms with van der Waals surface area (Å²) in [5.74, 6) is -2.20. The number of hydrogen-bond donors (Lipinski definition) is 4. The number of carbonyl (C=O) groups excluding carboxylic acids is 2. The lowest BCUT2D eigenvalue weighted by molar-refractivity contribution is -0.258. The van der Waals surface area contributed by atoms with E-state index in [9.17, 15) is 36.6 Å². The third-order valence-corrected chi connectivity index (χ3v) is 7.13. The Kier molecular flexibility index (Phi) is 6.52. The topological polar surface area (TPSA) is 108 Å². The molecule has 7 nitrogen and oxygen atoms in total. The highest BCUT2D eigenvalue weighted by molar-refractivity contribution is 6.31. The van der Waals surface area contributed by atoms with Gasteiger partial charge in [-0.05, 0) is 67.1 Å². The molecule has 5 rings (SSSR count). The molecular weight excluding hydrogens is 547 g/mol. The average Bonchev–Trinajstić information content (AvgIpc) is 3.36. The van der Waals surface area contributed by atoms with Gasteiger partial charge in [-0.1, -0.05) is 11.6 Å². The molecule has 0 radical (unpaired) electrons. The van der Waals surface area contributed by atoms with Crippen molar-refractivity contribution in [1.82, 2.24) is 5.32 Å². The summed E-state index contributed by atoms with van der Waals surface area (Å²) in [4.78, 5) is 26.9. The fourth-order valence-electron chi connectivity index (χ4n) is 4.96. The number of halogens is 6. The van der Waals surface area contributed by atoms with Gasteiger partial charge in [-0.25, -0.2) is 13.6 Å². The highest BCUT2D eigenvalue weighted by Gasteiger charge is 2.61. The van der Waals surface area contributed by atoms with Crippen LogP contribution in [0, 0.1) is 11.6 Å². The van der Waals surface area contributed by atoms with Crippen molar-refractivity contribution in [2.45, 2.75) is 24.2 Å². The number of aliphatic hydroxyl groups is 1. The predicted molar refractivity (Wildman–Crippen MR) is 133 cm³/mol. The van der Waals surface area contributed by atoms with E-state index in [2.05, 4.69) is 10.6 Å². The summed E-state index contributed by atoms with van der Waals surface area (Å²) in [5.41, 5.74) is 2.12. The van der Waals surface area contributed by atoms with Gasteiger partial charge in [0.1, 0.15) is 11.6 Å². The molecule has 0 saturated carbocycles. The number of fused-ring (bicyclic) bond motifs is 2. The second-order valence-corrected chi connectivity index (χ2v) is 9.66. The third kappa shape index (κ3) is 4.48. The molecular formula is C26H20ClF5N4O3. The number of nitrogens with zero attached hydrogens (tertiary/aromatic N) is 1. The molecule has 0 spiro atoms. The number of amides is 3. The summed E-state index contributed by atoms with van der Waals surface area (Å²) < 4.78 is 69.5. The fraction of sp³-hybridized carbons (Fsp3) is 0.231. The van der Waals surface area contributed by atoms with Gasteiger partial charge >= 0.3 is 12.2 Å². The SMILES string of the molecule is NCCc1cc(NC(=O)N2C[C@@](O)(C(F)(F)F)c3cc(F)ccc32)c2c(c1)C(=O)N[C@H]2c1cc(F)ccc1Cl. The lowest BCUT2D eigenvalue weighted by Crippen LogP contribution is -2.48. The van der Waals surface area contributed by atoms with Gasteiger partial charge in [-0.3, -0.25) is 9.69 Å². The average molecular weight is 567 g/mol. The number of benzene rings is 3. The van der Waals surface area contributed by atoms with Crippen LogP contribution in [0.1, 0.15) is 38.7 Å². The Labute approximate surface area is 223 Å². The third-order valence-electron chi connectivity index (χ3n) is 6.79. The van der Waals surface area contributed by atoms with E-state index in [4.69, 9.17) is 17.3 Å². The molecule has 3 aromatic rings. The molecule has 3 aromatic carbocycles. The molecule has 2 aliphatic rings. The number of hydrogen-bond acceptors (Lipinski definition) is 4. The van der Waals surface area contributed by atoms with Gasteiger partial charge in [0.25, 0.3) is 5.91 Å². The molecule has 0 aliphatic carbocycles. The van der Waals surface area contributed by atoms with E-state index >= 15 is 0 Å². The first kappa shape index (κ1) is 26.9. The van der Waals surface area contributed by atoms with Crippen molar-refractivity contribution in [1.29, 1.82) is 0 Å². The van der Waals surface area contributed by atoms with E-state index in [1.165, 1.54) is 12.1 Å². The highest BCUT2D eigenvalue weighted by atomic mass is 35.5. The van der Waals surface area contributed by atoms with Crippen LogP contribution in [0.2, 0.25) is 5.02 Å². The Balaban J connectivity index is 1.59. The summed E-state index contributed by atoms with van der Waals surface area (Å²) in [6.45, 7) is -1.04. The van der Waals surface area contributed by atoms with Crippen molar-refractivity contribution in [3.63, 3.8) is 0 Å². The maximum absolute atomic E-state index is 14.1. The molecule has 0 unspecified atom stereocenters. The van der Waals surface area contributed by atoms with Gasteiger partial charge in [0, 0.05) is 33.0 Å². The molecule has 39 heavy (non-hydrogen) atoms. The van der Waals surface area contributed by atoms with E-state index in [1.54, 1.807) is 6.07 Å². The second kappa shape index (κ2) is 9.47. The number of urea groups is 1. The Morgan fingerprint density at radius 1 is 1.15 bits per heavy atom. The zero-order valence-electron chi connectivity index (χ0n) is 19.9. The monoisotopic (exact) mass is 566 g/mol. The van der Waals surface area contributed by atoms with Crippen LogP contribution >= 0.6 is 11.6 Å². The van der Waals surface area contributed by atoms with Gasteiger partial charge in [0.15, 0.2) is 0 Å². The van der Waals surface area contributed by atoms with E-state index in [0.717, 1.165) is 24.3 Å². The number of nitrogens with one attached hydrogen (secondary N) is 2. The number of rotatable bonds is 4. The normalized spacial score (nSPS) is 20.1. The Bertz CT molecular complexity index is 1520. The van der Waals surface area contributed by atoms with Crippen molar-refractivity contribution in [3.8, 4) is 0 Å². The number of carbonyl (C=O) groups is 2. The Hall–Kier alpha value is -3.74. The number of β-amino-alcohol motifs (C(OH)–C–C–N with tert-alkyl or cyclic N) is 1. The summed E-state index contributed by atoms with van der Waals surface area (Å²) in [5, 5.41) is 15.9. The summed E-state index contributed by atoms with van der Waals surface area (Å²) in [6.07, 6.45) is -4.92. The van der Waals surface area contributed by atoms with Crippen molar-refractivity contribution in [3.05, 3.63) is 93.0 Å². The van der Waals surface area contributed by atoms with Gasteiger partial charge in [-0.15, -0.1) is 0 Å². The smallest absolute Gasteiger partial charge is 0.375 e. The molecule has 0 aromatic heterocycles. The maximum Gasteiger partial charge on any atom is 0.423 e. The van der Waals surface area contributed by atoms with E-state index in [0.29, 0.717) is 23.0 Å². The van der Waals surface area contributed by atoms with E-state index in [-0.39, 0.29) is 39.6 Å². The minimum absolute atomic E-state index is 0.0377. The molecule has 0 bridgehead atoms. The maximum atomic E-state index is 14.1. The van der Waals surface area contributed by atoms with Crippen LogP contribution in [0.25, 0.3) is 0 Å². The second-order valence-electron chi connectivity index (χ2n) is 9.25. The van der Waals surface area contributed by atoms with Crippen LogP contribution in [0.4, 0.5) is 38.1 Å². The molecule has 3 amide bonds. The van der Waals surface area contributed by atoms with Crippen molar-refractivity contribution < 1.29 is 36.6 Å². The zero-order valence-corrected chi connectivity index (χ0v) is 20.6.